The van der Waals surface area contributed by atoms with Crippen molar-refractivity contribution in [2.45, 2.75) is 24.7 Å². The Hall–Kier alpha value is -1.18. The van der Waals surface area contributed by atoms with E-state index in [1.807, 2.05) is 6.92 Å². The lowest BCUT2D eigenvalue weighted by Crippen LogP contribution is -2.33. The number of likely N-dealkylation sites (tertiary alicyclic amines) is 1. The molecule has 2 N–H and O–H groups in total. The second-order valence-electron chi connectivity index (χ2n) is 4.86. The predicted molar refractivity (Wildman–Crippen MR) is 79.3 cm³/mol. The van der Waals surface area contributed by atoms with Crippen molar-refractivity contribution in [2.75, 3.05) is 38.0 Å². The zero-order valence-corrected chi connectivity index (χ0v) is 12.6. The minimum absolute atomic E-state index is 0.209. The summed E-state index contributed by atoms with van der Waals surface area (Å²) in [4.78, 5) is 6.56. The summed E-state index contributed by atoms with van der Waals surface area (Å²) in [6.45, 7) is 6.07. The van der Waals surface area contributed by atoms with E-state index >= 15 is 0 Å². The van der Waals surface area contributed by atoms with Crippen molar-refractivity contribution in [3.63, 3.8) is 0 Å². The van der Waals surface area contributed by atoms with Gasteiger partial charge in [-0.15, -0.1) is 0 Å². The number of nitrogens with one attached hydrogen (secondary N) is 2. The Labute approximate surface area is 120 Å². The predicted octanol–water partition coefficient (Wildman–Crippen LogP) is 0.887. The molecule has 7 heteroatoms. The van der Waals surface area contributed by atoms with Gasteiger partial charge >= 0.3 is 0 Å². The quantitative estimate of drug-likeness (QED) is 0.782. The van der Waals surface area contributed by atoms with Crippen molar-refractivity contribution in [3.05, 3.63) is 18.3 Å². The molecule has 6 nitrogen and oxygen atoms in total. The van der Waals surface area contributed by atoms with Gasteiger partial charge in [0.15, 0.2) is 0 Å². The first-order valence-electron chi connectivity index (χ1n) is 7.04. The number of nitrogens with zero attached hydrogens (tertiary/aromatic N) is 2. The summed E-state index contributed by atoms with van der Waals surface area (Å²) in [6, 6.07) is 3.25. The highest BCUT2D eigenvalue weighted by atomic mass is 32.2. The molecular weight excluding hydrogens is 276 g/mol. The first-order chi connectivity index (χ1) is 9.62. The molecule has 0 aromatic carbocycles. The number of rotatable bonds is 7. The third kappa shape index (κ3) is 4.16. The fraction of sp³-hybridized carbons (Fsp3) is 0.615. The number of hydrogen-bond acceptors (Lipinski definition) is 5. The molecule has 2 heterocycles. The Morgan fingerprint density at radius 2 is 2.05 bits per heavy atom. The second kappa shape index (κ2) is 7.01. The molecule has 1 aromatic heterocycles. The lowest BCUT2D eigenvalue weighted by atomic mass is 10.4. The maximum Gasteiger partial charge on any atom is 0.242 e. The summed E-state index contributed by atoms with van der Waals surface area (Å²) >= 11 is 0. The van der Waals surface area contributed by atoms with Gasteiger partial charge in [-0.1, -0.05) is 0 Å². The van der Waals surface area contributed by atoms with Gasteiger partial charge in [0.2, 0.25) is 10.0 Å². The van der Waals surface area contributed by atoms with Crippen LogP contribution in [0.3, 0.4) is 0 Å². The van der Waals surface area contributed by atoms with Gasteiger partial charge in [-0.2, -0.15) is 0 Å². The molecule has 2 rings (SSSR count). The van der Waals surface area contributed by atoms with Gasteiger partial charge in [-0.05, 0) is 45.0 Å². The average Bonchev–Trinajstić information content (AvgIpc) is 2.93. The van der Waals surface area contributed by atoms with Gasteiger partial charge in [0.05, 0.1) is 0 Å². The van der Waals surface area contributed by atoms with E-state index in [1.165, 1.54) is 19.0 Å². The van der Waals surface area contributed by atoms with Crippen LogP contribution in [-0.2, 0) is 10.0 Å². The summed E-state index contributed by atoms with van der Waals surface area (Å²) in [7, 11) is -3.45. The van der Waals surface area contributed by atoms with Crippen LogP contribution in [0.15, 0.2) is 23.2 Å². The first kappa shape index (κ1) is 15.2. The maximum atomic E-state index is 12.1. The standard InChI is InChI=1S/C13H22N4O2S/c1-2-14-13-6-5-12(11-15-13)20(18,19)16-7-10-17-8-3-4-9-17/h5-6,11,16H,2-4,7-10H2,1H3,(H,14,15). The number of anilines is 1. The van der Waals surface area contributed by atoms with Gasteiger partial charge in [0.25, 0.3) is 0 Å². The fourth-order valence-electron chi connectivity index (χ4n) is 2.25. The molecule has 0 saturated carbocycles. The van der Waals surface area contributed by atoms with E-state index in [9.17, 15) is 8.42 Å². The zero-order chi connectivity index (χ0) is 14.4. The van der Waals surface area contributed by atoms with Crippen LogP contribution in [0.4, 0.5) is 5.82 Å². The Bertz CT molecular complexity index is 510. The van der Waals surface area contributed by atoms with Crippen molar-refractivity contribution < 1.29 is 8.42 Å². The number of hydrogen-bond donors (Lipinski definition) is 2. The zero-order valence-electron chi connectivity index (χ0n) is 11.8. The highest BCUT2D eigenvalue weighted by Gasteiger charge is 2.16. The maximum absolute atomic E-state index is 12.1. The van der Waals surface area contributed by atoms with Crippen molar-refractivity contribution in [3.8, 4) is 0 Å². The monoisotopic (exact) mass is 298 g/mol. The van der Waals surface area contributed by atoms with Gasteiger partial charge in [0, 0.05) is 25.8 Å². The molecule has 0 radical (unpaired) electrons. The van der Waals surface area contributed by atoms with Crippen LogP contribution >= 0.6 is 0 Å². The van der Waals surface area contributed by atoms with E-state index in [-0.39, 0.29) is 4.90 Å². The average molecular weight is 298 g/mol. The Morgan fingerprint density at radius 1 is 1.30 bits per heavy atom. The minimum Gasteiger partial charge on any atom is -0.370 e. The van der Waals surface area contributed by atoms with Crippen LogP contribution in [0.5, 0.6) is 0 Å². The van der Waals surface area contributed by atoms with E-state index in [1.54, 1.807) is 12.1 Å². The third-order valence-corrected chi connectivity index (χ3v) is 4.77. The third-order valence-electron chi connectivity index (χ3n) is 3.32. The molecule has 1 aliphatic heterocycles. The minimum atomic E-state index is -3.45. The van der Waals surface area contributed by atoms with Gasteiger partial charge in [-0.25, -0.2) is 18.1 Å². The molecule has 1 fully saturated rings. The largest absolute Gasteiger partial charge is 0.370 e. The van der Waals surface area contributed by atoms with Crippen LogP contribution in [-0.4, -0.2) is 51.0 Å². The van der Waals surface area contributed by atoms with Crippen LogP contribution in [0.25, 0.3) is 0 Å². The molecule has 0 spiro atoms. The summed E-state index contributed by atoms with van der Waals surface area (Å²) in [5.41, 5.74) is 0. The topological polar surface area (TPSA) is 74.3 Å². The van der Waals surface area contributed by atoms with Gasteiger partial charge < -0.3 is 10.2 Å². The number of pyridine rings is 1. The first-order valence-corrected chi connectivity index (χ1v) is 8.52. The van der Waals surface area contributed by atoms with Crippen molar-refractivity contribution >= 4 is 15.8 Å². The van der Waals surface area contributed by atoms with Crippen molar-refractivity contribution in [2.24, 2.45) is 0 Å². The van der Waals surface area contributed by atoms with Gasteiger partial charge in [-0.3, -0.25) is 0 Å². The Kier molecular flexibility index (Phi) is 5.33. The summed E-state index contributed by atoms with van der Waals surface area (Å²) in [5.74, 6) is 0.684. The van der Waals surface area contributed by atoms with Crippen LogP contribution in [0.2, 0.25) is 0 Å². The molecule has 0 bridgehead atoms. The number of aromatic nitrogens is 1. The molecule has 0 unspecified atom stereocenters. The second-order valence-corrected chi connectivity index (χ2v) is 6.62. The summed E-state index contributed by atoms with van der Waals surface area (Å²) in [6.07, 6.45) is 3.81. The van der Waals surface area contributed by atoms with Crippen LogP contribution < -0.4 is 10.0 Å². The molecule has 1 saturated heterocycles. The number of sulfonamides is 1. The summed E-state index contributed by atoms with van der Waals surface area (Å²) in [5, 5.41) is 3.03. The Morgan fingerprint density at radius 3 is 2.65 bits per heavy atom. The smallest absolute Gasteiger partial charge is 0.242 e. The van der Waals surface area contributed by atoms with Crippen LogP contribution in [0, 0.1) is 0 Å². The summed E-state index contributed by atoms with van der Waals surface area (Å²) < 4.78 is 26.8. The van der Waals surface area contributed by atoms with E-state index < -0.39 is 10.0 Å². The van der Waals surface area contributed by atoms with E-state index in [4.69, 9.17) is 0 Å². The van der Waals surface area contributed by atoms with Gasteiger partial charge in [0.1, 0.15) is 10.7 Å². The lowest BCUT2D eigenvalue weighted by molar-refractivity contribution is 0.344. The van der Waals surface area contributed by atoms with Crippen molar-refractivity contribution in [1.29, 1.82) is 0 Å². The highest BCUT2D eigenvalue weighted by molar-refractivity contribution is 7.89. The molecule has 1 aromatic rings. The Balaban J connectivity index is 1.88. The lowest BCUT2D eigenvalue weighted by Gasteiger charge is -2.14. The van der Waals surface area contributed by atoms with E-state index in [2.05, 4.69) is 19.9 Å². The van der Waals surface area contributed by atoms with E-state index in [0.717, 1.165) is 26.2 Å². The molecule has 0 atom stereocenters. The van der Waals surface area contributed by atoms with E-state index in [0.29, 0.717) is 12.4 Å². The molecule has 20 heavy (non-hydrogen) atoms. The fourth-order valence-corrected chi connectivity index (χ4v) is 3.22. The molecule has 1 aliphatic rings. The SMILES string of the molecule is CCNc1ccc(S(=O)(=O)NCCN2CCCC2)cn1. The van der Waals surface area contributed by atoms with Crippen LogP contribution in [0.1, 0.15) is 19.8 Å². The molecule has 0 amide bonds. The normalized spacial score (nSPS) is 16.4. The van der Waals surface area contributed by atoms with Crippen molar-refractivity contribution in [1.82, 2.24) is 14.6 Å². The highest BCUT2D eigenvalue weighted by Crippen LogP contribution is 2.10. The molecule has 112 valence electrons. The molecular formula is C13H22N4O2S. The molecule has 0 aliphatic carbocycles.